The first kappa shape index (κ1) is 20.1. The fourth-order valence-corrected chi connectivity index (χ4v) is 4.27. The summed E-state index contributed by atoms with van der Waals surface area (Å²) in [5, 5.41) is 10.1. The van der Waals surface area contributed by atoms with E-state index in [0.29, 0.717) is 40.6 Å². The third kappa shape index (κ3) is 4.60. The Morgan fingerprint density at radius 1 is 1.16 bits per heavy atom. The molecule has 1 aliphatic carbocycles. The van der Waals surface area contributed by atoms with Crippen LogP contribution in [0.3, 0.4) is 0 Å². The van der Waals surface area contributed by atoms with Crippen LogP contribution in [-0.2, 0) is 12.4 Å². The maximum absolute atomic E-state index is 13.4. The van der Waals surface area contributed by atoms with Gasteiger partial charge in [-0.2, -0.15) is 0 Å². The second kappa shape index (κ2) is 8.72. The fourth-order valence-electron chi connectivity index (χ4n) is 3.17. The highest BCUT2D eigenvalue weighted by molar-refractivity contribution is 7.98. The van der Waals surface area contributed by atoms with Gasteiger partial charge < -0.3 is 9.15 Å². The summed E-state index contributed by atoms with van der Waals surface area (Å²) >= 11 is 7.71. The molecular weight excluding hydrogens is 439 g/mol. The highest BCUT2D eigenvalue weighted by Crippen LogP contribution is 2.39. The van der Waals surface area contributed by atoms with Crippen LogP contribution in [0.4, 0.5) is 4.39 Å². The summed E-state index contributed by atoms with van der Waals surface area (Å²) in [4.78, 5) is 4.47. The highest BCUT2D eigenvalue weighted by atomic mass is 35.5. The predicted molar refractivity (Wildman–Crippen MR) is 116 cm³/mol. The molecule has 0 aliphatic heterocycles. The van der Waals surface area contributed by atoms with Crippen LogP contribution in [0.15, 0.2) is 64.4 Å². The average Bonchev–Trinajstić information content (AvgIpc) is 3.35. The van der Waals surface area contributed by atoms with Crippen LogP contribution in [-0.4, -0.2) is 19.7 Å². The molecule has 4 aromatic rings. The second-order valence-electron chi connectivity index (χ2n) is 7.16. The van der Waals surface area contributed by atoms with Gasteiger partial charge >= 0.3 is 0 Å². The van der Waals surface area contributed by atoms with Crippen LogP contribution in [0.25, 0.3) is 11.5 Å². The number of thioether (sulfide) groups is 1. The average molecular weight is 457 g/mol. The van der Waals surface area contributed by atoms with Crippen molar-refractivity contribution < 1.29 is 13.5 Å². The molecule has 0 spiro atoms. The van der Waals surface area contributed by atoms with Gasteiger partial charge in [-0.05, 0) is 43.2 Å². The molecule has 1 aliphatic rings. The summed E-state index contributed by atoms with van der Waals surface area (Å²) in [6, 6.07) is 13.9. The molecule has 6 nitrogen and oxygen atoms in total. The largest absolute Gasteiger partial charge is 0.484 e. The van der Waals surface area contributed by atoms with E-state index in [-0.39, 0.29) is 5.82 Å². The van der Waals surface area contributed by atoms with Gasteiger partial charge in [0, 0.05) is 17.4 Å². The molecule has 0 radical (unpaired) electrons. The second-order valence-corrected chi connectivity index (χ2v) is 8.51. The van der Waals surface area contributed by atoms with Gasteiger partial charge in [-0.3, -0.25) is 4.57 Å². The molecule has 0 atom stereocenters. The number of ether oxygens (including phenoxy) is 1. The SMILES string of the molecule is Fc1cccc(-c2nc(CSc3nnc(COc4ccccc4Cl)n3C3CC3)co2)c1. The standard InChI is InChI=1S/C22H18ClFN4O2S/c23-18-6-1-2-7-19(18)29-12-20-26-27-22(28(20)17-8-9-17)31-13-16-11-30-21(25-16)14-4-3-5-15(24)10-14/h1-7,10-11,17H,8-9,12-13H2. The first-order valence-corrected chi connectivity index (χ1v) is 11.2. The molecule has 1 fully saturated rings. The Morgan fingerprint density at radius 3 is 2.84 bits per heavy atom. The lowest BCUT2D eigenvalue weighted by atomic mass is 10.2. The van der Waals surface area contributed by atoms with Crippen LogP contribution in [0.2, 0.25) is 5.02 Å². The van der Waals surface area contributed by atoms with E-state index < -0.39 is 0 Å². The third-order valence-corrected chi connectivity index (χ3v) is 6.10. The number of para-hydroxylation sites is 1. The van der Waals surface area contributed by atoms with Gasteiger partial charge in [0.2, 0.25) is 5.89 Å². The van der Waals surface area contributed by atoms with Crippen molar-refractivity contribution in [2.24, 2.45) is 0 Å². The minimum atomic E-state index is -0.323. The van der Waals surface area contributed by atoms with Gasteiger partial charge in [0.05, 0.1) is 10.7 Å². The monoisotopic (exact) mass is 456 g/mol. The number of halogens is 2. The van der Waals surface area contributed by atoms with Crippen LogP contribution >= 0.6 is 23.4 Å². The molecule has 0 amide bonds. The predicted octanol–water partition coefficient (Wildman–Crippen LogP) is 5.93. The summed E-state index contributed by atoms with van der Waals surface area (Å²) < 4.78 is 27.0. The lowest BCUT2D eigenvalue weighted by molar-refractivity contribution is 0.288. The zero-order valence-corrected chi connectivity index (χ0v) is 17.9. The zero-order valence-electron chi connectivity index (χ0n) is 16.4. The van der Waals surface area contributed by atoms with E-state index in [2.05, 4.69) is 19.7 Å². The topological polar surface area (TPSA) is 66.0 Å². The summed E-state index contributed by atoms with van der Waals surface area (Å²) in [6.07, 6.45) is 3.78. The fraction of sp³-hybridized carbons (Fsp3) is 0.227. The van der Waals surface area contributed by atoms with E-state index in [1.807, 2.05) is 18.2 Å². The molecule has 0 bridgehead atoms. The number of hydrogen-bond acceptors (Lipinski definition) is 6. The molecule has 5 rings (SSSR count). The van der Waals surface area contributed by atoms with Crippen molar-refractivity contribution in [1.82, 2.24) is 19.7 Å². The summed E-state index contributed by atoms with van der Waals surface area (Å²) in [5.41, 5.74) is 1.36. The summed E-state index contributed by atoms with van der Waals surface area (Å²) in [6.45, 7) is 0.293. The molecule has 1 saturated carbocycles. The number of hydrogen-bond donors (Lipinski definition) is 0. The van der Waals surface area contributed by atoms with Crippen LogP contribution < -0.4 is 4.74 Å². The highest BCUT2D eigenvalue weighted by Gasteiger charge is 2.30. The molecule has 31 heavy (non-hydrogen) atoms. The molecule has 158 valence electrons. The Hall–Kier alpha value is -2.84. The van der Waals surface area contributed by atoms with Crippen molar-refractivity contribution >= 4 is 23.4 Å². The molecule has 2 aromatic carbocycles. The van der Waals surface area contributed by atoms with Crippen LogP contribution in [0.1, 0.15) is 30.4 Å². The molecule has 0 N–H and O–H groups in total. The normalized spacial score (nSPS) is 13.5. The lowest BCUT2D eigenvalue weighted by Crippen LogP contribution is -2.07. The molecule has 0 saturated heterocycles. The molecule has 0 unspecified atom stereocenters. The van der Waals surface area contributed by atoms with Gasteiger partial charge in [-0.15, -0.1) is 10.2 Å². The number of nitrogens with zero attached hydrogens (tertiary/aromatic N) is 4. The number of rotatable bonds is 8. The van der Waals surface area contributed by atoms with Crippen molar-refractivity contribution in [3.8, 4) is 17.2 Å². The lowest BCUT2D eigenvalue weighted by Gasteiger charge is -2.10. The summed E-state index contributed by atoms with van der Waals surface area (Å²) in [7, 11) is 0. The smallest absolute Gasteiger partial charge is 0.226 e. The number of aromatic nitrogens is 4. The van der Waals surface area contributed by atoms with Gasteiger partial charge in [0.1, 0.15) is 24.4 Å². The first-order chi connectivity index (χ1) is 15.2. The van der Waals surface area contributed by atoms with E-state index in [1.165, 1.54) is 23.9 Å². The first-order valence-electron chi connectivity index (χ1n) is 9.81. The van der Waals surface area contributed by atoms with Crippen molar-refractivity contribution in [3.63, 3.8) is 0 Å². The van der Waals surface area contributed by atoms with E-state index in [1.54, 1.807) is 24.5 Å². The van der Waals surface area contributed by atoms with Crippen LogP contribution in [0, 0.1) is 5.82 Å². The van der Waals surface area contributed by atoms with E-state index >= 15 is 0 Å². The zero-order chi connectivity index (χ0) is 21.2. The number of benzene rings is 2. The maximum atomic E-state index is 13.4. The molecule has 2 heterocycles. The Balaban J connectivity index is 1.28. The van der Waals surface area contributed by atoms with E-state index in [9.17, 15) is 4.39 Å². The van der Waals surface area contributed by atoms with Gasteiger partial charge in [0.15, 0.2) is 11.0 Å². The Kier molecular flexibility index (Phi) is 5.65. The minimum absolute atomic E-state index is 0.293. The van der Waals surface area contributed by atoms with Gasteiger partial charge in [-0.25, -0.2) is 9.37 Å². The quantitative estimate of drug-likeness (QED) is 0.306. The van der Waals surface area contributed by atoms with Gasteiger partial charge in [0.25, 0.3) is 0 Å². The summed E-state index contributed by atoms with van der Waals surface area (Å²) in [5.74, 6) is 2.03. The Bertz CT molecular complexity index is 1210. The molecule has 2 aromatic heterocycles. The number of oxazole rings is 1. The molecule has 9 heteroatoms. The third-order valence-electron chi connectivity index (χ3n) is 4.81. The molecular formula is C22H18ClFN4O2S. The maximum Gasteiger partial charge on any atom is 0.226 e. The Morgan fingerprint density at radius 2 is 2.03 bits per heavy atom. The van der Waals surface area contributed by atoms with E-state index in [0.717, 1.165) is 29.5 Å². The van der Waals surface area contributed by atoms with Crippen molar-refractivity contribution in [2.75, 3.05) is 0 Å². The van der Waals surface area contributed by atoms with Crippen LogP contribution in [0.5, 0.6) is 5.75 Å². The Labute approximate surface area is 187 Å². The van der Waals surface area contributed by atoms with Crippen molar-refractivity contribution in [3.05, 3.63) is 77.2 Å². The van der Waals surface area contributed by atoms with E-state index in [4.69, 9.17) is 20.8 Å². The minimum Gasteiger partial charge on any atom is -0.484 e. The van der Waals surface area contributed by atoms with Crippen molar-refractivity contribution in [2.45, 2.75) is 36.4 Å². The van der Waals surface area contributed by atoms with Gasteiger partial charge in [-0.1, -0.05) is 41.6 Å². The van der Waals surface area contributed by atoms with Crippen molar-refractivity contribution in [1.29, 1.82) is 0 Å².